The molecular formula is C10H10N2O4. The van der Waals surface area contributed by atoms with E-state index in [9.17, 15) is 9.59 Å². The fraction of sp³-hybridized carbons (Fsp3) is 0.100. The third-order valence-electron chi connectivity index (χ3n) is 1.64. The molecule has 0 bridgehead atoms. The third kappa shape index (κ3) is 3.79. The minimum atomic E-state index is -0.992. The fourth-order valence-corrected chi connectivity index (χ4v) is 0.911. The molecule has 0 aliphatic carbocycles. The SMILES string of the molecule is NC(=O)CO/N=C/c1ccc(C(=O)O)cc1. The van der Waals surface area contributed by atoms with Crippen LogP contribution in [0.1, 0.15) is 15.9 Å². The Bertz CT molecular complexity index is 411. The maximum Gasteiger partial charge on any atom is 0.335 e. The molecule has 0 unspecified atom stereocenters. The molecule has 16 heavy (non-hydrogen) atoms. The summed E-state index contributed by atoms with van der Waals surface area (Å²) in [4.78, 5) is 25.4. The number of nitrogens with two attached hydrogens (primary N) is 1. The Labute approximate surface area is 91.3 Å². The van der Waals surface area contributed by atoms with Gasteiger partial charge in [0.15, 0.2) is 6.61 Å². The van der Waals surface area contributed by atoms with Crippen LogP contribution in [0.25, 0.3) is 0 Å². The van der Waals surface area contributed by atoms with Gasteiger partial charge in [-0.25, -0.2) is 4.79 Å². The monoisotopic (exact) mass is 222 g/mol. The van der Waals surface area contributed by atoms with E-state index in [4.69, 9.17) is 10.8 Å². The molecule has 0 saturated carbocycles. The maximum atomic E-state index is 10.5. The van der Waals surface area contributed by atoms with Gasteiger partial charge < -0.3 is 15.7 Å². The number of nitrogens with zero attached hydrogens (tertiary/aromatic N) is 1. The molecule has 0 aliphatic heterocycles. The summed E-state index contributed by atoms with van der Waals surface area (Å²) in [6.45, 7) is -0.288. The van der Waals surface area contributed by atoms with Gasteiger partial charge in [0.05, 0.1) is 11.8 Å². The van der Waals surface area contributed by atoms with Gasteiger partial charge in [0.25, 0.3) is 5.91 Å². The van der Waals surface area contributed by atoms with Crippen molar-refractivity contribution in [2.75, 3.05) is 6.61 Å². The van der Waals surface area contributed by atoms with Gasteiger partial charge in [0, 0.05) is 0 Å². The Hall–Kier alpha value is -2.37. The Morgan fingerprint density at radius 2 is 2.00 bits per heavy atom. The number of amides is 1. The van der Waals surface area contributed by atoms with Crippen LogP contribution in [-0.2, 0) is 9.63 Å². The lowest BCUT2D eigenvalue weighted by Crippen LogP contribution is -2.16. The molecule has 6 nitrogen and oxygen atoms in total. The van der Waals surface area contributed by atoms with Crippen molar-refractivity contribution in [2.24, 2.45) is 10.9 Å². The molecule has 0 atom stereocenters. The van der Waals surface area contributed by atoms with Crippen LogP contribution in [0.5, 0.6) is 0 Å². The summed E-state index contributed by atoms with van der Waals surface area (Å²) in [5.74, 6) is -1.60. The molecule has 1 aromatic rings. The topological polar surface area (TPSA) is 102 Å². The fourth-order valence-electron chi connectivity index (χ4n) is 0.911. The largest absolute Gasteiger partial charge is 0.478 e. The van der Waals surface area contributed by atoms with E-state index in [1.54, 1.807) is 12.1 Å². The Kier molecular flexibility index (Phi) is 4.02. The van der Waals surface area contributed by atoms with Crippen molar-refractivity contribution in [2.45, 2.75) is 0 Å². The predicted octanol–water partition coefficient (Wildman–Crippen LogP) is 0.221. The summed E-state index contributed by atoms with van der Waals surface area (Å²) in [6.07, 6.45) is 1.36. The van der Waals surface area contributed by atoms with Crippen LogP contribution in [0.4, 0.5) is 0 Å². The van der Waals surface area contributed by atoms with Crippen molar-refractivity contribution in [3.63, 3.8) is 0 Å². The van der Waals surface area contributed by atoms with Crippen molar-refractivity contribution in [1.82, 2.24) is 0 Å². The van der Waals surface area contributed by atoms with Crippen LogP contribution in [0.3, 0.4) is 0 Å². The number of benzene rings is 1. The van der Waals surface area contributed by atoms with Crippen molar-refractivity contribution in [3.8, 4) is 0 Å². The lowest BCUT2D eigenvalue weighted by atomic mass is 10.1. The van der Waals surface area contributed by atoms with Crippen LogP contribution >= 0.6 is 0 Å². The average Bonchev–Trinajstić information content (AvgIpc) is 2.25. The molecule has 0 spiro atoms. The highest BCUT2D eigenvalue weighted by Gasteiger charge is 2.00. The van der Waals surface area contributed by atoms with Gasteiger partial charge >= 0.3 is 5.97 Å². The van der Waals surface area contributed by atoms with Gasteiger partial charge in [-0.1, -0.05) is 17.3 Å². The lowest BCUT2D eigenvalue weighted by molar-refractivity contribution is -0.122. The van der Waals surface area contributed by atoms with Crippen LogP contribution in [0, 0.1) is 0 Å². The van der Waals surface area contributed by atoms with Crippen LogP contribution in [-0.4, -0.2) is 29.8 Å². The molecular weight excluding hydrogens is 212 g/mol. The summed E-state index contributed by atoms with van der Waals surface area (Å²) in [6, 6.07) is 6.02. The highest BCUT2D eigenvalue weighted by atomic mass is 16.6. The smallest absolute Gasteiger partial charge is 0.335 e. The van der Waals surface area contributed by atoms with Crippen LogP contribution < -0.4 is 5.73 Å². The molecule has 0 saturated heterocycles. The first-order chi connectivity index (χ1) is 7.59. The number of primary amides is 1. The van der Waals surface area contributed by atoms with E-state index in [2.05, 4.69) is 9.99 Å². The second-order valence-electron chi connectivity index (χ2n) is 2.90. The van der Waals surface area contributed by atoms with Gasteiger partial charge in [-0.05, 0) is 17.7 Å². The minimum Gasteiger partial charge on any atom is -0.478 e. The van der Waals surface area contributed by atoms with Crippen molar-refractivity contribution < 1.29 is 19.5 Å². The van der Waals surface area contributed by atoms with Gasteiger partial charge in [-0.2, -0.15) is 0 Å². The number of oxime groups is 1. The number of carbonyl (C=O) groups excluding carboxylic acids is 1. The number of rotatable bonds is 5. The molecule has 0 aromatic heterocycles. The van der Waals surface area contributed by atoms with E-state index >= 15 is 0 Å². The molecule has 1 rings (SSSR count). The molecule has 6 heteroatoms. The number of carbonyl (C=O) groups is 2. The number of aromatic carboxylic acids is 1. The van der Waals surface area contributed by atoms with Gasteiger partial charge in [0.2, 0.25) is 0 Å². The Morgan fingerprint density at radius 3 is 2.50 bits per heavy atom. The summed E-state index contributed by atoms with van der Waals surface area (Å²) in [5.41, 5.74) is 5.67. The lowest BCUT2D eigenvalue weighted by Gasteiger charge is -1.96. The van der Waals surface area contributed by atoms with Crippen molar-refractivity contribution >= 4 is 18.1 Å². The zero-order valence-electron chi connectivity index (χ0n) is 8.29. The first kappa shape index (κ1) is 11.7. The molecule has 84 valence electrons. The average molecular weight is 222 g/mol. The standard InChI is InChI=1S/C10H10N2O4/c11-9(13)6-16-12-5-7-1-3-8(4-2-7)10(14)15/h1-5H,6H2,(H2,11,13)(H,14,15)/b12-5+. The van der Waals surface area contributed by atoms with E-state index in [1.807, 2.05) is 0 Å². The van der Waals surface area contributed by atoms with Crippen molar-refractivity contribution in [3.05, 3.63) is 35.4 Å². The molecule has 0 radical (unpaired) electrons. The molecule has 1 aromatic carbocycles. The zero-order chi connectivity index (χ0) is 12.0. The molecule has 0 fully saturated rings. The minimum absolute atomic E-state index is 0.190. The van der Waals surface area contributed by atoms with Gasteiger partial charge in [0.1, 0.15) is 0 Å². The third-order valence-corrected chi connectivity index (χ3v) is 1.64. The second kappa shape index (κ2) is 5.50. The van der Waals surface area contributed by atoms with E-state index < -0.39 is 11.9 Å². The first-order valence-corrected chi connectivity index (χ1v) is 4.36. The Morgan fingerprint density at radius 1 is 1.38 bits per heavy atom. The molecule has 0 aliphatic rings. The van der Waals surface area contributed by atoms with Crippen LogP contribution in [0.2, 0.25) is 0 Å². The Balaban J connectivity index is 2.55. The van der Waals surface area contributed by atoms with E-state index in [0.29, 0.717) is 5.56 Å². The second-order valence-corrected chi connectivity index (χ2v) is 2.90. The number of hydrogen-bond acceptors (Lipinski definition) is 4. The molecule has 0 heterocycles. The normalized spacial score (nSPS) is 10.2. The van der Waals surface area contributed by atoms with Gasteiger partial charge in [-0.15, -0.1) is 0 Å². The van der Waals surface area contributed by atoms with E-state index in [-0.39, 0.29) is 12.2 Å². The summed E-state index contributed by atoms with van der Waals surface area (Å²) >= 11 is 0. The van der Waals surface area contributed by atoms with Crippen molar-refractivity contribution in [1.29, 1.82) is 0 Å². The maximum absolute atomic E-state index is 10.5. The zero-order valence-corrected chi connectivity index (χ0v) is 8.29. The highest BCUT2D eigenvalue weighted by Crippen LogP contribution is 2.02. The first-order valence-electron chi connectivity index (χ1n) is 4.36. The summed E-state index contributed by atoms with van der Waals surface area (Å²) in [5, 5.41) is 12.1. The van der Waals surface area contributed by atoms with E-state index in [0.717, 1.165) is 0 Å². The summed E-state index contributed by atoms with van der Waals surface area (Å²) < 4.78 is 0. The number of carboxylic acid groups (broad SMARTS) is 1. The molecule has 1 amide bonds. The quantitative estimate of drug-likeness (QED) is 0.549. The van der Waals surface area contributed by atoms with Gasteiger partial charge in [-0.3, -0.25) is 4.79 Å². The van der Waals surface area contributed by atoms with Crippen LogP contribution in [0.15, 0.2) is 29.4 Å². The number of hydrogen-bond donors (Lipinski definition) is 2. The number of carboxylic acids is 1. The predicted molar refractivity (Wildman–Crippen MR) is 56.1 cm³/mol. The van der Waals surface area contributed by atoms with E-state index in [1.165, 1.54) is 18.3 Å². The summed E-state index contributed by atoms with van der Waals surface area (Å²) in [7, 11) is 0. The highest BCUT2D eigenvalue weighted by molar-refractivity contribution is 5.89. The molecule has 3 N–H and O–H groups in total.